The molecule has 0 bridgehead atoms. The van der Waals surface area contributed by atoms with Gasteiger partial charge < -0.3 is 4.74 Å². The Morgan fingerprint density at radius 2 is 1.26 bits per heavy atom. The van der Waals surface area contributed by atoms with Gasteiger partial charge in [-0.2, -0.15) is 0 Å². The van der Waals surface area contributed by atoms with Crippen LogP contribution < -0.4 is 0 Å². The third kappa shape index (κ3) is 3.48. The van der Waals surface area contributed by atoms with E-state index in [0.717, 1.165) is 16.6 Å². The van der Waals surface area contributed by atoms with Crippen molar-refractivity contribution in [3.63, 3.8) is 0 Å². The molecular formula is C14H8BrFO3. The van der Waals surface area contributed by atoms with Gasteiger partial charge in [0, 0.05) is 4.47 Å². The van der Waals surface area contributed by atoms with Crippen molar-refractivity contribution in [1.82, 2.24) is 0 Å². The Bertz CT molecular complexity index is 550. The SMILES string of the molecule is O=C(OC(=O)c1ccc(Br)cc1)c1ccc(F)cc1. The first-order valence-electron chi connectivity index (χ1n) is 5.34. The molecule has 0 atom stereocenters. The number of carbonyl (C=O) groups excluding carboxylic acids is 2. The van der Waals surface area contributed by atoms with Crippen molar-refractivity contribution in [3.8, 4) is 0 Å². The smallest absolute Gasteiger partial charge is 0.346 e. The molecule has 19 heavy (non-hydrogen) atoms. The predicted molar refractivity (Wildman–Crippen MR) is 70.3 cm³/mol. The van der Waals surface area contributed by atoms with E-state index >= 15 is 0 Å². The Balaban J connectivity index is 2.08. The van der Waals surface area contributed by atoms with Crippen molar-refractivity contribution in [2.75, 3.05) is 0 Å². The zero-order valence-corrected chi connectivity index (χ0v) is 11.2. The predicted octanol–water partition coefficient (Wildman–Crippen LogP) is 3.59. The summed E-state index contributed by atoms with van der Waals surface area (Å²) >= 11 is 3.23. The average Bonchev–Trinajstić information content (AvgIpc) is 2.40. The van der Waals surface area contributed by atoms with Gasteiger partial charge >= 0.3 is 11.9 Å². The minimum Gasteiger partial charge on any atom is -0.386 e. The largest absolute Gasteiger partial charge is 0.386 e. The molecule has 0 aliphatic heterocycles. The van der Waals surface area contributed by atoms with Crippen LogP contribution in [0.4, 0.5) is 4.39 Å². The van der Waals surface area contributed by atoms with E-state index in [4.69, 9.17) is 0 Å². The van der Waals surface area contributed by atoms with E-state index in [9.17, 15) is 14.0 Å². The second kappa shape index (κ2) is 5.75. The van der Waals surface area contributed by atoms with Crippen molar-refractivity contribution < 1.29 is 18.7 Å². The number of hydrogen-bond donors (Lipinski definition) is 0. The van der Waals surface area contributed by atoms with Crippen LogP contribution in [-0.2, 0) is 4.74 Å². The van der Waals surface area contributed by atoms with E-state index < -0.39 is 17.8 Å². The van der Waals surface area contributed by atoms with E-state index in [1.807, 2.05) is 0 Å². The zero-order chi connectivity index (χ0) is 13.8. The molecule has 0 aliphatic carbocycles. The summed E-state index contributed by atoms with van der Waals surface area (Å²) in [6.45, 7) is 0. The van der Waals surface area contributed by atoms with Crippen LogP contribution in [0.1, 0.15) is 20.7 Å². The van der Waals surface area contributed by atoms with Crippen molar-refractivity contribution in [3.05, 3.63) is 69.9 Å². The van der Waals surface area contributed by atoms with Gasteiger partial charge in [0.2, 0.25) is 0 Å². The average molecular weight is 323 g/mol. The molecule has 2 aromatic rings. The van der Waals surface area contributed by atoms with Crippen LogP contribution in [-0.4, -0.2) is 11.9 Å². The summed E-state index contributed by atoms with van der Waals surface area (Å²) in [5, 5.41) is 0. The van der Waals surface area contributed by atoms with Gasteiger partial charge in [0.15, 0.2) is 0 Å². The van der Waals surface area contributed by atoms with Gasteiger partial charge in [0.1, 0.15) is 5.82 Å². The van der Waals surface area contributed by atoms with E-state index in [2.05, 4.69) is 20.7 Å². The number of ether oxygens (including phenoxy) is 1. The fraction of sp³-hybridized carbons (Fsp3) is 0. The molecule has 0 saturated carbocycles. The molecule has 0 amide bonds. The van der Waals surface area contributed by atoms with Gasteiger partial charge in [-0.05, 0) is 48.5 Å². The molecule has 5 heteroatoms. The van der Waals surface area contributed by atoms with E-state index in [0.29, 0.717) is 0 Å². The standard InChI is InChI=1S/C14H8BrFO3/c15-11-5-1-9(2-6-11)13(17)19-14(18)10-3-7-12(16)8-4-10/h1-8H. The first-order valence-corrected chi connectivity index (χ1v) is 6.13. The second-order valence-electron chi connectivity index (χ2n) is 3.69. The number of benzene rings is 2. The molecule has 3 nitrogen and oxygen atoms in total. The van der Waals surface area contributed by atoms with Crippen LogP contribution in [0, 0.1) is 5.82 Å². The normalized spacial score (nSPS) is 10.0. The van der Waals surface area contributed by atoms with Gasteiger partial charge in [-0.3, -0.25) is 0 Å². The van der Waals surface area contributed by atoms with Crippen LogP contribution in [0.25, 0.3) is 0 Å². The molecule has 96 valence electrons. The molecule has 2 aromatic carbocycles. The Morgan fingerprint density at radius 1 is 0.842 bits per heavy atom. The molecule has 0 spiro atoms. The highest BCUT2D eigenvalue weighted by Crippen LogP contribution is 2.12. The highest BCUT2D eigenvalue weighted by atomic mass is 79.9. The Labute approximate surface area is 117 Å². The molecule has 2 rings (SSSR count). The third-order valence-electron chi connectivity index (χ3n) is 2.35. The van der Waals surface area contributed by atoms with Crippen molar-refractivity contribution in [1.29, 1.82) is 0 Å². The minimum atomic E-state index is -0.812. The van der Waals surface area contributed by atoms with Crippen LogP contribution in [0.2, 0.25) is 0 Å². The summed E-state index contributed by atoms with van der Waals surface area (Å²) < 4.78 is 18.2. The summed E-state index contributed by atoms with van der Waals surface area (Å²) in [5.41, 5.74) is 0.380. The molecule has 0 aliphatic rings. The van der Waals surface area contributed by atoms with Gasteiger partial charge in [-0.25, -0.2) is 14.0 Å². The van der Waals surface area contributed by atoms with Crippen molar-refractivity contribution in [2.24, 2.45) is 0 Å². The van der Waals surface area contributed by atoms with E-state index in [1.165, 1.54) is 24.3 Å². The topological polar surface area (TPSA) is 43.4 Å². The lowest BCUT2D eigenvalue weighted by Crippen LogP contribution is -2.12. The number of hydrogen-bond acceptors (Lipinski definition) is 3. The molecule has 0 fully saturated rings. The maximum absolute atomic E-state index is 12.7. The molecule has 0 heterocycles. The van der Waals surface area contributed by atoms with E-state index in [-0.39, 0.29) is 11.1 Å². The number of esters is 2. The first kappa shape index (κ1) is 13.4. The first-order chi connectivity index (χ1) is 9.06. The van der Waals surface area contributed by atoms with Crippen molar-refractivity contribution >= 4 is 27.9 Å². The van der Waals surface area contributed by atoms with Gasteiger partial charge in [-0.1, -0.05) is 15.9 Å². The zero-order valence-electron chi connectivity index (χ0n) is 9.60. The fourth-order valence-electron chi connectivity index (χ4n) is 1.37. The highest BCUT2D eigenvalue weighted by Gasteiger charge is 2.14. The maximum Gasteiger partial charge on any atom is 0.346 e. The second-order valence-corrected chi connectivity index (χ2v) is 4.61. The molecule has 0 radical (unpaired) electrons. The number of carbonyl (C=O) groups is 2. The Kier molecular flexibility index (Phi) is 4.06. The summed E-state index contributed by atoms with van der Waals surface area (Å²) in [6.07, 6.45) is 0. The lowest BCUT2D eigenvalue weighted by molar-refractivity contribution is 0.0398. The van der Waals surface area contributed by atoms with Gasteiger partial charge in [0.05, 0.1) is 11.1 Å². The van der Waals surface area contributed by atoms with E-state index in [1.54, 1.807) is 12.1 Å². The quantitative estimate of drug-likeness (QED) is 0.627. The monoisotopic (exact) mass is 322 g/mol. The Hall–Kier alpha value is -2.01. The molecule has 0 N–H and O–H groups in total. The summed E-state index contributed by atoms with van der Waals surface area (Å²) in [5.74, 6) is -2.02. The molecular weight excluding hydrogens is 315 g/mol. The maximum atomic E-state index is 12.7. The summed E-state index contributed by atoms with van der Waals surface area (Å²) in [6, 6.07) is 11.2. The summed E-state index contributed by atoms with van der Waals surface area (Å²) in [7, 11) is 0. The highest BCUT2D eigenvalue weighted by molar-refractivity contribution is 9.10. The molecule has 0 saturated heterocycles. The lowest BCUT2D eigenvalue weighted by Gasteiger charge is -2.03. The van der Waals surface area contributed by atoms with Crippen LogP contribution >= 0.6 is 15.9 Å². The molecule has 0 unspecified atom stereocenters. The van der Waals surface area contributed by atoms with Gasteiger partial charge in [-0.15, -0.1) is 0 Å². The van der Waals surface area contributed by atoms with Crippen molar-refractivity contribution in [2.45, 2.75) is 0 Å². The van der Waals surface area contributed by atoms with Crippen LogP contribution in [0.3, 0.4) is 0 Å². The molecule has 0 aromatic heterocycles. The fourth-order valence-corrected chi connectivity index (χ4v) is 1.64. The Morgan fingerprint density at radius 3 is 1.74 bits per heavy atom. The van der Waals surface area contributed by atoms with Crippen LogP contribution in [0.5, 0.6) is 0 Å². The minimum absolute atomic E-state index is 0.117. The van der Waals surface area contributed by atoms with Gasteiger partial charge in [0.25, 0.3) is 0 Å². The lowest BCUT2D eigenvalue weighted by atomic mass is 10.2. The number of rotatable bonds is 2. The number of halogens is 2. The summed E-state index contributed by atoms with van der Waals surface area (Å²) in [4.78, 5) is 23.3. The third-order valence-corrected chi connectivity index (χ3v) is 2.87. The van der Waals surface area contributed by atoms with Crippen LogP contribution in [0.15, 0.2) is 53.0 Å².